The van der Waals surface area contributed by atoms with Gasteiger partial charge in [-0.25, -0.2) is 15.0 Å². The molecule has 0 aliphatic carbocycles. The smallest absolute Gasteiger partial charge is 0.353 e. The fraction of sp³-hybridized carbons (Fsp3) is 0.389. The van der Waals surface area contributed by atoms with Crippen molar-refractivity contribution in [3.05, 3.63) is 40.2 Å². The van der Waals surface area contributed by atoms with Crippen LogP contribution in [0.15, 0.2) is 24.5 Å². The topological polar surface area (TPSA) is 121 Å². The third-order valence-corrected chi connectivity index (χ3v) is 5.78. The number of β-amino-alcohol motifs (C(OH)–C–C–N with tert-alkyl or cyclic N) is 1. The lowest BCUT2D eigenvalue weighted by Crippen LogP contribution is -2.47. The number of aromatic nitrogens is 3. The Bertz CT molecular complexity index is 1030. The van der Waals surface area contributed by atoms with E-state index in [0.717, 1.165) is 15.8 Å². The summed E-state index contributed by atoms with van der Waals surface area (Å²) >= 11 is 1.42. The molecule has 0 bridgehead atoms. The normalized spacial score (nSPS) is 15.0. The van der Waals surface area contributed by atoms with Gasteiger partial charge in [-0.1, -0.05) is 17.4 Å². The van der Waals surface area contributed by atoms with Crippen molar-refractivity contribution in [2.24, 2.45) is 0 Å². The van der Waals surface area contributed by atoms with Crippen molar-refractivity contribution in [3.8, 4) is 0 Å². The Hall–Kier alpha value is -2.89. The number of nitrogens with one attached hydrogen (secondary N) is 1. The standard InChI is InChI=1S/C18H21N7O3S/c1-12-2-3-13-14(10-12)29-18(21-13)22-16-15(25(27)28)17(20-11-19-16)24-6-4-23(5-7-24)8-9-26/h2-3,10-11,26H,4-9H2,1H3,(H,19,20,21,22). The number of fused-ring (bicyclic) bond motifs is 1. The maximum atomic E-state index is 11.9. The number of benzene rings is 1. The maximum absolute atomic E-state index is 11.9. The van der Waals surface area contributed by atoms with Crippen LogP contribution in [0, 0.1) is 17.0 Å². The third kappa shape index (κ3) is 4.11. The summed E-state index contributed by atoms with van der Waals surface area (Å²) in [6.45, 7) is 5.32. The van der Waals surface area contributed by atoms with Crippen LogP contribution in [0.2, 0.25) is 0 Å². The zero-order valence-electron chi connectivity index (χ0n) is 15.9. The van der Waals surface area contributed by atoms with Gasteiger partial charge in [0.2, 0.25) is 11.6 Å². The number of rotatable bonds is 6. The van der Waals surface area contributed by atoms with Crippen molar-refractivity contribution in [1.82, 2.24) is 19.9 Å². The molecule has 1 aliphatic heterocycles. The van der Waals surface area contributed by atoms with Gasteiger partial charge < -0.3 is 15.3 Å². The molecule has 1 fully saturated rings. The lowest BCUT2D eigenvalue weighted by atomic mass is 10.2. The van der Waals surface area contributed by atoms with Crippen LogP contribution in [0.1, 0.15) is 5.56 Å². The summed E-state index contributed by atoms with van der Waals surface area (Å²) < 4.78 is 1.00. The number of nitrogens with zero attached hydrogens (tertiary/aromatic N) is 6. The quantitative estimate of drug-likeness (QED) is 0.461. The molecule has 3 heterocycles. The molecule has 2 aromatic heterocycles. The van der Waals surface area contributed by atoms with Crippen molar-refractivity contribution in [2.45, 2.75) is 6.92 Å². The maximum Gasteiger partial charge on any atom is 0.353 e. The lowest BCUT2D eigenvalue weighted by molar-refractivity contribution is -0.383. The highest BCUT2D eigenvalue weighted by Crippen LogP contribution is 2.36. The fourth-order valence-corrected chi connectivity index (χ4v) is 4.33. The number of hydrogen-bond donors (Lipinski definition) is 2. The Morgan fingerprint density at radius 3 is 2.79 bits per heavy atom. The van der Waals surface area contributed by atoms with Crippen LogP contribution >= 0.6 is 11.3 Å². The molecular formula is C18H21N7O3S. The Morgan fingerprint density at radius 1 is 1.28 bits per heavy atom. The highest BCUT2D eigenvalue weighted by atomic mass is 32.1. The van der Waals surface area contributed by atoms with E-state index < -0.39 is 4.92 Å². The van der Waals surface area contributed by atoms with Crippen molar-refractivity contribution in [2.75, 3.05) is 49.5 Å². The van der Waals surface area contributed by atoms with E-state index in [-0.39, 0.29) is 18.1 Å². The summed E-state index contributed by atoms with van der Waals surface area (Å²) in [7, 11) is 0. The van der Waals surface area contributed by atoms with Crippen LogP contribution in [-0.2, 0) is 0 Å². The first-order valence-corrected chi connectivity index (χ1v) is 10.1. The number of thiazole rings is 1. The van der Waals surface area contributed by atoms with E-state index in [1.165, 1.54) is 17.7 Å². The molecule has 10 nitrogen and oxygen atoms in total. The fourth-order valence-electron chi connectivity index (χ4n) is 3.37. The molecule has 11 heteroatoms. The van der Waals surface area contributed by atoms with E-state index in [2.05, 4.69) is 25.2 Å². The number of nitro groups is 1. The molecule has 0 amide bonds. The summed E-state index contributed by atoms with van der Waals surface area (Å²) in [5.41, 5.74) is 1.81. The number of aliphatic hydroxyl groups excluding tert-OH is 1. The predicted octanol–water partition coefficient (Wildman–Crippen LogP) is 2.16. The first-order chi connectivity index (χ1) is 14.0. The second-order valence-electron chi connectivity index (χ2n) is 6.82. The molecular weight excluding hydrogens is 394 g/mol. The third-order valence-electron chi connectivity index (χ3n) is 4.84. The Morgan fingerprint density at radius 2 is 2.07 bits per heavy atom. The summed E-state index contributed by atoms with van der Waals surface area (Å²) in [5, 5.41) is 24.5. The van der Waals surface area contributed by atoms with Crippen LogP contribution in [0.5, 0.6) is 0 Å². The first kappa shape index (κ1) is 19.4. The van der Waals surface area contributed by atoms with Gasteiger partial charge in [-0.3, -0.25) is 15.0 Å². The zero-order valence-corrected chi connectivity index (χ0v) is 16.7. The van der Waals surface area contributed by atoms with Crippen LogP contribution in [0.25, 0.3) is 10.2 Å². The lowest BCUT2D eigenvalue weighted by Gasteiger charge is -2.34. The summed E-state index contributed by atoms with van der Waals surface area (Å²) in [6.07, 6.45) is 1.34. The molecule has 29 heavy (non-hydrogen) atoms. The molecule has 0 spiro atoms. The monoisotopic (exact) mass is 415 g/mol. The zero-order chi connectivity index (χ0) is 20.4. The molecule has 0 radical (unpaired) electrons. The predicted molar refractivity (Wildman–Crippen MR) is 112 cm³/mol. The second kappa shape index (κ2) is 8.23. The highest BCUT2D eigenvalue weighted by Gasteiger charge is 2.29. The number of aliphatic hydroxyl groups is 1. The molecule has 0 unspecified atom stereocenters. The van der Waals surface area contributed by atoms with Crippen LogP contribution in [0.3, 0.4) is 0 Å². The van der Waals surface area contributed by atoms with Crippen LogP contribution in [-0.4, -0.2) is 69.2 Å². The Labute approximate surface area is 171 Å². The van der Waals surface area contributed by atoms with Gasteiger partial charge >= 0.3 is 5.69 Å². The molecule has 152 valence electrons. The number of piperazine rings is 1. The molecule has 3 aromatic rings. The summed E-state index contributed by atoms with van der Waals surface area (Å²) in [6, 6.07) is 5.94. The molecule has 2 N–H and O–H groups in total. The number of anilines is 3. The number of aryl methyl sites for hydroxylation is 1. The minimum Gasteiger partial charge on any atom is -0.395 e. The average Bonchev–Trinajstić information content (AvgIpc) is 3.10. The van der Waals surface area contributed by atoms with Crippen molar-refractivity contribution in [1.29, 1.82) is 0 Å². The summed E-state index contributed by atoms with van der Waals surface area (Å²) in [4.78, 5) is 28.2. The van der Waals surface area contributed by atoms with E-state index in [1.54, 1.807) is 0 Å². The molecule has 1 saturated heterocycles. The van der Waals surface area contributed by atoms with Gasteiger partial charge in [0.05, 0.1) is 21.7 Å². The van der Waals surface area contributed by atoms with Gasteiger partial charge in [0.1, 0.15) is 6.33 Å². The largest absolute Gasteiger partial charge is 0.395 e. The number of hydrogen-bond acceptors (Lipinski definition) is 10. The van der Waals surface area contributed by atoms with Gasteiger partial charge in [0, 0.05) is 32.7 Å². The molecule has 4 rings (SSSR count). The van der Waals surface area contributed by atoms with E-state index in [1.807, 2.05) is 30.0 Å². The molecule has 0 saturated carbocycles. The van der Waals surface area contributed by atoms with Gasteiger partial charge in [-0.05, 0) is 24.6 Å². The van der Waals surface area contributed by atoms with Crippen LogP contribution in [0.4, 0.5) is 22.5 Å². The van der Waals surface area contributed by atoms with Gasteiger partial charge in [-0.15, -0.1) is 0 Å². The molecule has 0 atom stereocenters. The van der Waals surface area contributed by atoms with E-state index in [4.69, 9.17) is 5.11 Å². The van der Waals surface area contributed by atoms with Crippen LogP contribution < -0.4 is 10.2 Å². The molecule has 1 aliphatic rings. The first-order valence-electron chi connectivity index (χ1n) is 9.27. The summed E-state index contributed by atoms with van der Waals surface area (Å²) in [5.74, 6) is 0.432. The SMILES string of the molecule is Cc1ccc2nc(Nc3ncnc(N4CCN(CCO)CC4)c3[N+](=O)[O-])sc2c1. The van der Waals surface area contributed by atoms with Gasteiger partial charge in [-0.2, -0.15) is 0 Å². The second-order valence-corrected chi connectivity index (χ2v) is 7.85. The van der Waals surface area contributed by atoms with Gasteiger partial charge in [0.15, 0.2) is 5.13 Å². The minimum atomic E-state index is -0.449. The van der Waals surface area contributed by atoms with Gasteiger partial charge in [0.25, 0.3) is 0 Å². The average molecular weight is 415 g/mol. The van der Waals surface area contributed by atoms with E-state index in [9.17, 15) is 10.1 Å². The van der Waals surface area contributed by atoms with E-state index >= 15 is 0 Å². The van der Waals surface area contributed by atoms with Crippen molar-refractivity contribution in [3.63, 3.8) is 0 Å². The van der Waals surface area contributed by atoms with Crippen molar-refractivity contribution < 1.29 is 10.0 Å². The van der Waals surface area contributed by atoms with Crippen molar-refractivity contribution >= 4 is 44.0 Å². The minimum absolute atomic E-state index is 0.101. The highest BCUT2D eigenvalue weighted by molar-refractivity contribution is 7.22. The van der Waals surface area contributed by atoms with E-state index in [0.29, 0.717) is 43.7 Å². The molecule has 1 aromatic carbocycles. The Kier molecular flexibility index (Phi) is 5.51. The Balaban J connectivity index is 1.62.